The Morgan fingerprint density at radius 3 is 2.55 bits per heavy atom. The summed E-state index contributed by atoms with van der Waals surface area (Å²) in [7, 11) is -3.81. The van der Waals surface area contributed by atoms with Gasteiger partial charge in [-0.25, -0.2) is 13.6 Å². The molecule has 2 rings (SSSR count). The van der Waals surface area contributed by atoms with Crippen LogP contribution < -0.4 is 10.0 Å². The Morgan fingerprint density at radius 2 is 2.05 bits per heavy atom. The summed E-state index contributed by atoms with van der Waals surface area (Å²) in [5, 5.41) is 14.9. The number of carbonyl (C=O) groups excluding carboxylic acids is 1. The lowest BCUT2D eigenvalue weighted by Gasteiger charge is -2.16. The van der Waals surface area contributed by atoms with Crippen molar-refractivity contribution < 1.29 is 18.1 Å². The molecule has 108 valence electrons. The van der Waals surface area contributed by atoms with Crippen LogP contribution in [0.15, 0.2) is 18.2 Å². The lowest BCUT2D eigenvalue weighted by atomic mass is 10.2. The van der Waals surface area contributed by atoms with E-state index in [1.165, 1.54) is 17.0 Å². The normalized spacial score (nSPS) is 19.4. The van der Waals surface area contributed by atoms with Gasteiger partial charge in [-0.1, -0.05) is 0 Å². The van der Waals surface area contributed by atoms with Gasteiger partial charge in [0.1, 0.15) is 5.25 Å². The number of benzene rings is 1. The minimum Gasteiger partial charge on any atom is -0.311 e. The summed E-state index contributed by atoms with van der Waals surface area (Å²) >= 11 is 0. The van der Waals surface area contributed by atoms with Gasteiger partial charge in [-0.2, -0.15) is 0 Å². The topological polar surface area (TPSA) is 124 Å². The van der Waals surface area contributed by atoms with E-state index in [0.29, 0.717) is 11.3 Å². The Balaban J connectivity index is 2.38. The second-order valence-electron chi connectivity index (χ2n) is 4.70. The van der Waals surface area contributed by atoms with Gasteiger partial charge in [-0.05, 0) is 18.6 Å². The largest absolute Gasteiger partial charge is 0.311 e. The molecule has 0 saturated carbocycles. The number of amides is 1. The van der Waals surface area contributed by atoms with Crippen molar-refractivity contribution in [3.8, 4) is 0 Å². The van der Waals surface area contributed by atoms with Crippen LogP contribution in [0.4, 0.5) is 11.4 Å². The molecule has 9 heteroatoms. The number of sulfonamides is 1. The first kappa shape index (κ1) is 14.4. The number of nitro benzene ring substituents is 1. The van der Waals surface area contributed by atoms with Crippen LogP contribution >= 0.6 is 0 Å². The average Bonchev–Trinajstić information content (AvgIpc) is 2.70. The molecule has 1 aromatic carbocycles. The van der Waals surface area contributed by atoms with E-state index in [2.05, 4.69) is 0 Å². The Hall–Kier alpha value is -2.00. The Morgan fingerprint density at radius 1 is 1.40 bits per heavy atom. The molecule has 1 saturated heterocycles. The van der Waals surface area contributed by atoms with Crippen LogP contribution in [0.1, 0.15) is 12.0 Å². The summed E-state index contributed by atoms with van der Waals surface area (Å²) in [6.07, 6.45) is -0.208. The number of carbonyl (C=O) groups is 1. The fraction of sp³-hybridized carbons (Fsp3) is 0.364. The molecular weight excluding hydrogens is 286 g/mol. The molecule has 1 aliphatic rings. The minimum absolute atomic E-state index is 0.0850. The van der Waals surface area contributed by atoms with E-state index < -0.39 is 26.1 Å². The van der Waals surface area contributed by atoms with Crippen LogP contribution in [0.2, 0.25) is 0 Å². The molecule has 0 radical (unpaired) electrons. The Labute approximate surface area is 115 Å². The van der Waals surface area contributed by atoms with Crippen molar-refractivity contribution in [1.29, 1.82) is 0 Å². The number of anilines is 1. The third-order valence-electron chi connectivity index (χ3n) is 3.12. The van der Waals surface area contributed by atoms with Crippen molar-refractivity contribution in [3.05, 3.63) is 33.9 Å². The lowest BCUT2D eigenvalue weighted by Crippen LogP contribution is -2.32. The molecule has 1 unspecified atom stereocenters. The predicted molar refractivity (Wildman–Crippen MR) is 71.7 cm³/mol. The molecule has 0 spiro atoms. The van der Waals surface area contributed by atoms with Gasteiger partial charge in [0.2, 0.25) is 15.9 Å². The highest BCUT2D eigenvalue weighted by Gasteiger charge is 2.37. The van der Waals surface area contributed by atoms with Gasteiger partial charge in [0.25, 0.3) is 5.69 Å². The highest BCUT2D eigenvalue weighted by molar-refractivity contribution is 7.89. The summed E-state index contributed by atoms with van der Waals surface area (Å²) in [5.41, 5.74) is 0.778. The third-order valence-corrected chi connectivity index (χ3v) is 4.37. The maximum atomic E-state index is 11.9. The standard InChI is InChI=1S/C11H13N3O5S/c1-7-2-8(4-9(3-7)14(16)17)13-6-10(5-11(13)15)20(12,18)19/h2-4,10H,5-6H2,1H3,(H2,12,18,19). The van der Waals surface area contributed by atoms with Gasteiger partial charge < -0.3 is 4.90 Å². The molecular formula is C11H13N3O5S. The van der Waals surface area contributed by atoms with Gasteiger partial charge in [-0.3, -0.25) is 14.9 Å². The molecule has 0 bridgehead atoms. The fourth-order valence-electron chi connectivity index (χ4n) is 2.15. The Kier molecular flexibility index (Phi) is 3.48. The number of nitro groups is 1. The molecule has 0 aromatic heterocycles. The second kappa shape index (κ2) is 4.84. The summed E-state index contributed by atoms with van der Waals surface area (Å²) in [6, 6.07) is 4.22. The first-order chi connectivity index (χ1) is 9.18. The molecule has 1 aromatic rings. The summed E-state index contributed by atoms with van der Waals surface area (Å²) in [5.74, 6) is -0.413. The van der Waals surface area contributed by atoms with E-state index >= 15 is 0 Å². The third kappa shape index (κ3) is 2.78. The molecule has 2 N–H and O–H groups in total. The lowest BCUT2D eigenvalue weighted by molar-refractivity contribution is -0.384. The second-order valence-corrected chi connectivity index (χ2v) is 6.55. The van der Waals surface area contributed by atoms with Crippen molar-refractivity contribution in [2.24, 2.45) is 5.14 Å². The molecule has 1 atom stereocenters. The van der Waals surface area contributed by atoms with Crippen molar-refractivity contribution in [3.63, 3.8) is 0 Å². The van der Waals surface area contributed by atoms with Crippen LogP contribution in [0, 0.1) is 17.0 Å². The number of hydrogen-bond acceptors (Lipinski definition) is 5. The zero-order valence-electron chi connectivity index (χ0n) is 10.6. The van der Waals surface area contributed by atoms with Crippen molar-refractivity contribution in [2.75, 3.05) is 11.4 Å². The molecule has 1 aliphatic heterocycles. The SMILES string of the molecule is Cc1cc(N2CC(S(N)(=O)=O)CC2=O)cc([N+](=O)[O-])c1. The van der Waals surface area contributed by atoms with Gasteiger partial charge >= 0.3 is 0 Å². The first-order valence-corrected chi connectivity index (χ1v) is 7.37. The number of rotatable bonds is 3. The van der Waals surface area contributed by atoms with E-state index in [0.717, 1.165) is 0 Å². The van der Waals surface area contributed by atoms with Gasteiger partial charge in [0.05, 0.1) is 10.6 Å². The zero-order chi connectivity index (χ0) is 15.1. The van der Waals surface area contributed by atoms with E-state index in [-0.39, 0.29) is 18.7 Å². The highest BCUT2D eigenvalue weighted by Crippen LogP contribution is 2.28. The number of nitrogens with zero attached hydrogens (tertiary/aromatic N) is 2. The summed E-state index contributed by atoms with van der Waals surface area (Å²) in [4.78, 5) is 23.3. The summed E-state index contributed by atoms with van der Waals surface area (Å²) < 4.78 is 22.6. The summed E-state index contributed by atoms with van der Waals surface area (Å²) in [6.45, 7) is 1.58. The average molecular weight is 299 g/mol. The van der Waals surface area contributed by atoms with Crippen LogP contribution in [0.3, 0.4) is 0 Å². The quantitative estimate of drug-likeness (QED) is 0.635. The molecule has 1 heterocycles. The predicted octanol–water partition coefficient (Wildman–Crippen LogP) is 0.297. The van der Waals surface area contributed by atoms with Crippen LogP contribution in [0.5, 0.6) is 0 Å². The van der Waals surface area contributed by atoms with E-state index in [4.69, 9.17) is 5.14 Å². The molecule has 8 nitrogen and oxygen atoms in total. The van der Waals surface area contributed by atoms with E-state index in [1.54, 1.807) is 13.0 Å². The molecule has 20 heavy (non-hydrogen) atoms. The van der Waals surface area contributed by atoms with Crippen molar-refractivity contribution in [2.45, 2.75) is 18.6 Å². The van der Waals surface area contributed by atoms with Gasteiger partial charge in [0, 0.05) is 25.1 Å². The van der Waals surface area contributed by atoms with Crippen LogP contribution in [-0.2, 0) is 14.8 Å². The smallest absolute Gasteiger partial charge is 0.271 e. The van der Waals surface area contributed by atoms with Gasteiger partial charge in [0.15, 0.2) is 0 Å². The number of primary sulfonamides is 1. The number of non-ortho nitro benzene ring substituents is 1. The molecule has 1 amide bonds. The number of aryl methyl sites for hydroxylation is 1. The van der Waals surface area contributed by atoms with Crippen LogP contribution in [-0.4, -0.2) is 31.0 Å². The number of hydrogen-bond donors (Lipinski definition) is 1. The van der Waals surface area contributed by atoms with E-state index in [9.17, 15) is 23.3 Å². The van der Waals surface area contributed by atoms with Crippen molar-refractivity contribution >= 4 is 27.3 Å². The van der Waals surface area contributed by atoms with Crippen molar-refractivity contribution in [1.82, 2.24) is 0 Å². The maximum absolute atomic E-state index is 11.9. The molecule has 0 aliphatic carbocycles. The fourth-order valence-corrected chi connectivity index (χ4v) is 2.88. The zero-order valence-corrected chi connectivity index (χ0v) is 11.5. The first-order valence-electron chi connectivity index (χ1n) is 5.76. The number of nitrogens with two attached hydrogens (primary N) is 1. The van der Waals surface area contributed by atoms with Crippen LogP contribution in [0.25, 0.3) is 0 Å². The Bertz CT molecular complexity index is 685. The monoisotopic (exact) mass is 299 g/mol. The maximum Gasteiger partial charge on any atom is 0.271 e. The minimum atomic E-state index is -3.81. The highest BCUT2D eigenvalue weighted by atomic mass is 32.2. The van der Waals surface area contributed by atoms with E-state index in [1.807, 2.05) is 0 Å². The molecule has 1 fully saturated rings. The van der Waals surface area contributed by atoms with Gasteiger partial charge in [-0.15, -0.1) is 0 Å².